The molecule has 1 aromatic carbocycles. The van der Waals surface area contributed by atoms with Crippen LogP contribution in [-0.2, 0) is 6.42 Å². The molecule has 0 aliphatic carbocycles. The van der Waals surface area contributed by atoms with Crippen LogP contribution in [-0.4, -0.2) is 16.6 Å². The van der Waals surface area contributed by atoms with Crippen molar-refractivity contribution in [1.82, 2.24) is 0 Å². The molecule has 84 valence electrons. The van der Waals surface area contributed by atoms with Gasteiger partial charge < -0.3 is 5.11 Å². The van der Waals surface area contributed by atoms with E-state index in [0.29, 0.717) is 0 Å². The fourth-order valence-electron chi connectivity index (χ4n) is 1.46. The molecule has 0 aromatic heterocycles. The van der Waals surface area contributed by atoms with Gasteiger partial charge in [0.1, 0.15) is 0 Å². The summed E-state index contributed by atoms with van der Waals surface area (Å²) in [6.45, 7) is 4.30. The lowest BCUT2D eigenvalue weighted by Crippen LogP contribution is -2.01. The molecule has 1 aromatic rings. The number of aryl methyl sites for hydroxylation is 1. The molecule has 2 heteroatoms. The lowest BCUT2D eigenvalue weighted by Gasteiger charge is -2.11. The molecular formula is C13H20OS. The van der Waals surface area contributed by atoms with Gasteiger partial charge in [-0.2, -0.15) is 11.8 Å². The van der Waals surface area contributed by atoms with Crippen LogP contribution in [0, 0.1) is 0 Å². The minimum atomic E-state index is -0.312. The molecule has 0 amide bonds. The number of thioether (sulfide) groups is 1. The first kappa shape index (κ1) is 12.6. The molecule has 1 unspecified atom stereocenters. The largest absolute Gasteiger partial charge is 0.388 e. The van der Waals surface area contributed by atoms with E-state index >= 15 is 0 Å². The summed E-state index contributed by atoms with van der Waals surface area (Å²) in [5.74, 6) is 1.94. The molecule has 0 saturated heterocycles. The van der Waals surface area contributed by atoms with Gasteiger partial charge in [-0.3, -0.25) is 0 Å². The van der Waals surface area contributed by atoms with Crippen molar-refractivity contribution in [2.75, 3.05) is 11.5 Å². The van der Waals surface area contributed by atoms with E-state index in [1.54, 1.807) is 0 Å². The Balaban J connectivity index is 2.52. The highest BCUT2D eigenvalue weighted by molar-refractivity contribution is 7.99. The molecule has 0 aliphatic heterocycles. The van der Waals surface area contributed by atoms with Gasteiger partial charge in [0.15, 0.2) is 0 Å². The van der Waals surface area contributed by atoms with E-state index < -0.39 is 0 Å². The Hall–Kier alpha value is -0.470. The van der Waals surface area contributed by atoms with Crippen molar-refractivity contribution < 1.29 is 5.11 Å². The topological polar surface area (TPSA) is 20.2 Å². The van der Waals surface area contributed by atoms with E-state index in [2.05, 4.69) is 26.0 Å². The van der Waals surface area contributed by atoms with Crippen LogP contribution in [0.4, 0.5) is 0 Å². The molecule has 0 aliphatic rings. The smallest absolute Gasteiger partial charge is 0.0880 e. The molecule has 0 bridgehead atoms. The molecule has 0 spiro atoms. The molecule has 0 saturated carbocycles. The van der Waals surface area contributed by atoms with Crippen LogP contribution in [0.1, 0.15) is 37.5 Å². The highest BCUT2D eigenvalue weighted by atomic mass is 32.2. The van der Waals surface area contributed by atoms with Gasteiger partial charge in [-0.05, 0) is 29.7 Å². The Morgan fingerprint density at radius 3 is 2.80 bits per heavy atom. The van der Waals surface area contributed by atoms with Gasteiger partial charge >= 0.3 is 0 Å². The number of hydrogen-bond donors (Lipinski definition) is 1. The maximum absolute atomic E-state index is 9.95. The van der Waals surface area contributed by atoms with Gasteiger partial charge in [0.25, 0.3) is 0 Å². The summed E-state index contributed by atoms with van der Waals surface area (Å²) in [6.07, 6.45) is 1.89. The summed E-state index contributed by atoms with van der Waals surface area (Å²) >= 11 is 1.82. The van der Waals surface area contributed by atoms with Crippen molar-refractivity contribution in [3.05, 3.63) is 35.4 Å². The van der Waals surface area contributed by atoms with E-state index in [1.165, 1.54) is 12.0 Å². The van der Waals surface area contributed by atoms with E-state index in [0.717, 1.165) is 23.5 Å². The maximum Gasteiger partial charge on any atom is 0.0880 e. The second-order valence-corrected chi connectivity index (χ2v) is 4.84. The fraction of sp³-hybridized carbons (Fsp3) is 0.538. The van der Waals surface area contributed by atoms with Crippen molar-refractivity contribution in [2.45, 2.75) is 32.8 Å². The van der Waals surface area contributed by atoms with Gasteiger partial charge in [0.05, 0.1) is 6.10 Å². The normalized spacial score (nSPS) is 12.7. The molecular weight excluding hydrogens is 204 g/mol. The molecule has 1 atom stereocenters. The third-order valence-electron chi connectivity index (χ3n) is 2.37. The molecule has 15 heavy (non-hydrogen) atoms. The molecule has 1 nitrogen and oxygen atoms in total. The van der Waals surface area contributed by atoms with Crippen molar-refractivity contribution in [2.24, 2.45) is 0 Å². The lowest BCUT2D eigenvalue weighted by molar-refractivity contribution is 0.204. The van der Waals surface area contributed by atoms with Crippen LogP contribution in [0.15, 0.2) is 24.3 Å². The fourth-order valence-corrected chi connectivity index (χ4v) is 2.33. The number of aliphatic hydroxyl groups excluding tert-OH is 1. The Kier molecular flexibility index (Phi) is 5.81. The first-order valence-corrected chi connectivity index (χ1v) is 6.78. The number of aliphatic hydroxyl groups is 1. The number of rotatable bonds is 6. The SMILES string of the molecule is CCCSCC(O)c1cccc(CC)c1. The standard InChI is InChI=1S/C13H20OS/c1-3-8-15-10-13(14)12-7-5-6-11(4-2)9-12/h5-7,9,13-14H,3-4,8,10H2,1-2H3. The van der Waals surface area contributed by atoms with Gasteiger partial charge in [0, 0.05) is 5.75 Å². The second kappa shape index (κ2) is 6.91. The minimum absolute atomic E-state index is 0.312. The van der Waals surface area contributed by atoms with Crippen LogP contribution in [0.3, 0.4) is 0 Å². The highest BCUT2D eigenvalue weighted by Crippen LogP contribution is 2.19. The molecule has 0 fully saturated rings. The van der Waals surface area contributed by atoms with Crippen molar-refractivity contribution in [3.63, 3.8) is 0 Å². The van der Waals surface area contributed by atoms with E-state index in [4.69, 9.17) is 0 Å². The number of benzene rings is 1. The van der Waals surface area contributed by atoms with Crippen LogP contribution in [0.2, 0.25) is 0 Å². The predicted octanol–water partition coefficient (Wildman–Crippen LogP) is 3.43. The first-order chi connectivity index (χ1) is 7.27. The monoisotopic (exact) mass is 224 g/mol. The van der Waals surface area contributed by atoms with E-state index in [1.807, 2.05) is 23.9 Å². The third-order valence-corrected chi connectivity index (χ3v) is 3.62. The quantitative estimate of drug-likeness (QED) is 0.747. The van der Waals surface area contributed by atoms with Crippen LogP contribution < -0.4 is 0 Å². The zero-order valence-electron chi connectivity index (χ0n) is 9.57. The van der Waals surface area contributed by atoms with Crippen LogP contribution >= 0.6 is 11.8 Å². The summed E-state index contributed by atoms with van der Waals surface area (Å²) in [7, 11) is 0. The minimum Gasteiger partial charge on any atom is -0.388 e. The Morgan fingerprint density at radius 1 is 1.33 bits per heavy atom. The van der Waals surface area contributed by atoms with Gasteiger partial charge in [-0.1, -0.05) is 38.1 Å². The zero-order chi connectivity index (χ0) is 11.1. The third kappa shape index (κ3) is 4.27. The second-order valence-electron chi connectivity index (χ2n) is 3.69. The van der Waals surface area contributed by atoms with Crippen LogP contribution in [0.5, 0.6) is 0 Å². The van der Waals surface area contributed by atoms with Gasteiger partial charge in [-0.15, -0.1) is 0 Å². The zero-order valence-corrected chi connectivity index (χ0v) is 10.4. The van der Waals surface area contributed by atoms with Crippen LogP contribution in [0.25, 0.3) is 0 Å². The summed E-state index contributed by atoms with van der Waals surface area (Å²) < 4.78 is 0. The predicted molar refractivity (Wildman–Crippen MR) is 68.4 cm³/mol. The summed E-state index contributed by atoms with van der Waals surface area (Å²) in [4.78, 5) is 0. The highest BCUT2D eigenvalue weighted by Gasteiger charge is 2.07. The average Bonchev–Trinajstić information content (AvgIpc) is 2.29. The summed E-state index contributed by atoms with van der Waals surface area (Å²) in [6, 6.07) is 8.25. The Bertz CT molecular complexity index is 286. The molecule has 1 N–H and O–H groups in total. The van der Waals surface area contributed by atoms with E-state index in [9.17, 15) is 5.11 Å². The first-order valence-electron chi connectivity index (χ1n) is 5.62. The van der Waals surface area contributed by atoms with Crippen molar-refractivity contribution in [1.29, 1.82) is 0 Å². The summed E-state index contributed by atoms with van der Waals surface area (Å²) in [5, 5.41) is 9.95. The molecule has 0 heterocycles. The van der Waals surface area contributed by atoms with Gasteiger partial charge in [0.2, 0.25) is 0 Å². The Labute approximate surface area is 96.9 Å². The lowest BCUT2D eigenvalue weighted by atomic mass is 10.1. The van der Waals surface area contributed by atoms with Gasteiger partial charge in [-0.25, -0.2) is 0 Å². The Morgan fingerprint density at radius 2 is 2.13 bits per heavy atom. The van der Waals surface area contributed by atoms with Crippen molar-refractivity contribution in [3.8, 4) is 0 Å². The van der Waals surface area contributed by atoms with Crippen molar-refractivity contribution >= 4 is 11.8 Å². The summed E-state index contributed by atoms with van der Waals surface area (Å²) in [5.41, 5.74) is 2.35. The molecule has 1 rings (SSSR count). The average molecular weight is 224 g/mol. The number of hydrogen-bond acceptors (Lipinski definition) is 2. The maximum atomic E-state index is 9.95. The molecule has 0 radical (unpaired) electrons. The van der Waals surface area contributed by atoms with E-state index in [-0.39, 0.29) is 6.10 Å².